The van der Waals surface area contributed by atoms with Gasteiger partial charge in [0.2, 0.25) is 0 Å². The van der Waals surface area contributed by atoms with Crippen molar-refractivity contribution >= 4 is 0 Å². The van der Waals surface area contributed by atoms with Gasteiger partial charge in [-0.05, 0) is 20.3 Å². The maximum absolute atomic E-state index is 9.56. The topological polar surface area (TPSA) is 43.7 Å². The molecule has 0 bridgehead atoms. The molecule has 0 aromatic carbocycles. The van der Waals surface area contributed by atoms with E-state index in [9.17, 15) is 5.11 Å². The monoisotopic (exact) mass is 199 g/mol. The van der Waals surface area contributed by atoms with Crippen LogP contribution in [-0.2, 0) is 0 Å². The third-order valence-corrected chi connectivity index (χ3v) is 2.77. The summed E-state index contributed by atoms with van der Waals surface area (Å²) in [5, 5.41) is 18.6. The van der Waals surface area contributed by atoms with Crippen LogP contribution in [0, 0.1) is 5.92 Å². The van der Waals surface area contributed by atoms with Crippen LogP contribution in [0.2, 0.25) is 0 Å². The third-order valence-electron chi connectivity index (χ3n) is 2.77. The molecule has 3 heteroatoms. The molecule has 0 saturated carbocycles. The van der Waals surface area contributed by atoms with Crippen LogP contribution in [0.4, 0.5) is 0 Å². The molecule has 0 aromatic heterocycles. The maximum atomic E-state index is 9.56. The van der Waals surface area contributed by atoms with Gasteiger partial charge in [-0.1, -0.05) is 11.6 Å². The van der Waals surface area contributed by atoms with E-state index >= 15 is 0 Å². The fourth-order valence-electron chi connectivity index (χ4n) is 1.75. The van der Waals surface area contributed by atoms with E-state index in [0.29, 0.717) is 0 Å². The van der Waals surface area contributed by atoms with Gasteiger partial charge in [-0.2, -0.15) is 0 Å². The lowest BCUT2D eigenvalue weighted by atomic mass is 9.95. The minimum absolute atomic E-state index is 0.0364. The van der Waals surface area contributed by atoms with Crippen molar-refractivity contribution in [1.29, 1.82) is 0 Å². The SMILES string of the molecule is CC(C)=CCN1CCC(O)C(CO)C1. The first-order valence-corrected chi connectivity index (χ1v) is 5.28. The number of allylic oxidation sites excluding steroid dienone is 1. The second kappa shape index (κ2) is 5.49. The first-order chi connectivity index (χ1) is 6.63. The number of aliphatic hydroxyl groups is 2. The van der Waals surface area contributed by atoms with Crippen LogP contribution in [0.1, 0.15) is 20.3 Å². The highest BCUT2D eigenvalue weighted by molar-refractivity contribution is 4.96. The van der Waals surface area contributed by atoms with Crippen LogP contribution in [0.25, 0.3) is 0 Å². The standard InChI is InChI=1S/C11H21NO2/c1-9(2)3-5-12-6-4-11(14)10(7-12)8-13/h3,10-11,13-14H,4-8H2,1-2H3. The predicted molar refractivity (Wildman–Crippen MR) is 57.1 cm³/mol. The van der Waals surface area contributed by atoms with Crippen LogP contribution in [-0.4, -0.2) is 47.5 Å². The van der Waals surface area contributed by atoms with Gasteiger partial charge >= 0.3 is 0 Å². The van der Waals surface area contributed by atoms with Crippen molar-refractivity contribution < 1.29 is 10.2 Å². The van der Waals surface area contributed by atoms with E-state index < -0.39 is 0 Å². The Bertz CT molecular complexity index is 199. The first-order valence-electron chi connectivity index (χ1n) is 5.28. The Morgan fingerprint density at radius 2 is 2.21 bits per heavy atom. The van der Waals surface area contributed by atoms with Gasteiger partial charge in [0.05, 0.1) is 6.10 Å². The zero-order valence-corrected chi connectivity index (χ0v) is 9.11. The van der Waals surface area contributed by atoms with Crippen LogP contribution >= 0.6 is 0 Å². The lowest BCUT2D eigenvalue weighted by Crippen LogP contribution is -2.44. The fraction of sp³-hybridized carbons (Fsp3) is 0.818. The summed E-state index contributed by atoms with van der Waals surface area (Å²) < 4.78 is 0. The summed E-state index contributed by atoms with van der Waals surface area (Å²) in [6.07, 6.45) is 2.65. The molecule has 1 saturated heterocycles. The van der Waals surface area contributed by atoms with E-state index in [1.807, 2.05) is 0 Å². The van der Waals surface area contributed by atoms with Crippen molar-refractivity contribution in [3.8, 4) is 0 Å². The molecule has 0 radical (unpaired) electrons. The summed E-state index contributed by atoms with van der Waals surface area (Å²) in [6, 6.07) is 0. The van der Waals surface area contributed by atoms with Gasteiger partial charge in [0.25, 0.3) is 0 Å². The van der Waals surface area contributed by atoms with E-state index in [1.165, 1.54) is 5.57 Å². The van der Waals surface area contributed by atoms with Crippen LogP contribution < -0.4 is 0 Å². The van der Waals surface area contributed by atoms with Crippen molar-refractivity contribution in [1.82, 2.24) is 4.90 Å². The van der Waals surface area contributed by atoms with E-state index in [0.717, 1.165) is 26.1 Å². The van der Waals surface area contributed by atoms with Crippen molar-refractivity contribution in [3.63, 3.8) is 0 Å². The average molecular weight is 199 g/mol. The summed E-state index contributed by atoms with van der Waals surface area (Å²) >= 11 is 0. The second-order valence-corrected chi connectivity index (χ2v) is 4.34. The molecule has 14 heavy (non-hydrogen) atoms. The number of piperidine rings is 1. The van der Waals surface area contributed by atoms with Crippen LogP contribution in [0.3, 0.4) is 0 Å². The van der Waals surface area contributed by atoms with E-state index in [2.05, 4.69) is 24.8 Å². The van der Waals surface area contributed by atoms with Gasteiger partial charge in [-0.15, -0.1) is 0 Å². The molecule has 0 amide bonds. The summed E-state index contributed by atoms with van der Waals surface area (Å²) in [6.45, 7) is 6.94. The Hall–Kier alpha value is -0.380. The van der Waals surface area contributed by atoms with Gasteiger partial charge in [-0.25, -0.2) is 0 Å². The number of nitrogens with zero attached hydrogens (tertiary/aromatic N) is 1. The average Bonchev–Trinajstić information content (AvgIpc) is 2.16. The lowest BCUT2D eigenvalue weighted by molar-refractivity contribution is 0.00402. The molecule has 2 unspecified atom stereocenters. The van der Waals surface area contributed by atoms with Gasteiger partial charge in [0, 0.05) is 32.2 Å². The maximum Gasteiger partial charge on any atom is 0.0614 e. The molecule has 1 fully saturated rings. The number of hydrogen-bond acceptors (Lipinski definition) is 3. The van der Waals surface area contributed by atoms with Gasteiger partial charge in [0.15, 0.2) is 0 Å². The van der Waals surface area contributed by atoms with Gasteiger partial charge in [0.1, 0.15) is 0 Å². The smallest absolute Gasteiger partial charge is 0.0614 e. The van der Waals surface area contributed by atoms with E-state index in [-0.39, 0.29) is 18.6 Å². The molecule has 0 spiro atoms. The molecular weight excluding hydrogens is 178 g/mol. The minimum atomic E-state index is -0.317. The summed E-state index contributed by atoms with van der Waals surface area (Å²) in [5.74, 6) is 0.0364. The van der Waals surface area contributed by atoms with Gasteiger partial charge in [-0.3, -0.25) is 4.90 Å². The second-order valence-electron chi connectivity index (χ2n) is 4.34. The number of likely N-dealkylation sites (tertiary alicyclic amines) is 1. The molecule has 1 rings (SSSR count). The zero-order valence-electron chi connectivity index (χ0n) is 9.11. The van der Waals surface area contributed by atoms with Crippen molar-refractivity contribution in [2.45, 2.75) is 26.4 Å². The summed E-state index contributed by atoms with van der Waals surface area (Å²) in [5.41, 5.74) is 1.32. The minimum Gasteiger partial charge on any atom is -0.396 e. The lowest BCUT2D eigenvalue weighted by Gasteiger charge is -2.34. The van der Waals surface area contributed by atoms with Gasteiger partial charge < -0.3 is 10.2 Å². The Kier molecular flexibility index (Phi) is 4.58. The largest absolute Gasteiger partial charge is 0.396 e. The van der Waals surface area contributed by atoms with Crippen LogP contribution in [0.15, 0.2) is 11.6 Å². The molecule has 1 aliphatic heterocycles. The Morgan fingerprint density at radius 1 is 1.50 bits per heavy atom. The molecular formula is C11H21NO2. The van der Waals surface area contributed by atoms with Crippen LogP contribution in [0.5, 0.6) is 0 Å². The predicted octanol–water partition coefficient (Wildman–Crippen LogP) is 0.628. The Morgan fingerprint density at radius 3 is 2.79 bits per heavy atom. The molecule has 0 aliphatic carbocycles. The van der Waals surface area contributed by atoms with Crippen molar-refractivity contribution in [3.05, 3.63) is 11.6 Å². The quantitative estimate of drug-likeness (QED) is 0.655. The Balaban J connectivity index is 2.38. The Labute approximate surface area is 86.0 Å². The molecule has 0 aromatic rings. The normalized spacial score (nSPS) is 28.9. The van der Waals surface area contributed by atoms with E-state index in [1.54, 1.807) is 0 Å². The zero-order chi connectivity index (χ0) is 10.6. The molecule has 2 N–H and O–H groups in total. The van der Waals surface area contributed by atoms with E-state index in [4.69, 9.17) is 5.11 Å². The molecule has 82 valence electrons. The first kappa shape index (κ1) is 11.7. The molecule has 1 aliphatic rings. The fourth-order valence-corrected chi connectivity index (χ4v) is 1.75. The number of aliphatic hydroxyl groups excluding tert-OH is 2. The molecule has 3 nitrogen and oxygen atoms in total. The third kappa shape index (κ3) is 3.40. The highest BCUT2D eigenvalue weighted by Crippen LogP contribution is 2.16. The molecule has 1 heterocycles. The highest BCUT2D eigenvalue weighted by atomic mass is 16.3. The van der Waals surface area contributed by atoms with Crippen molar-refractivity contribution in [2.24, 2.45) is 5.92 Å². The summed E-state index contributed by atoms with van der Waals surface area (Å²) in [7, 11) is 0. The highest BCUT2D eigenvalue weighted by Gasteiger charge is 2.26. The number of hydrogen-bond donors (Lipinski definition) is 2. The summed E-state index contributed by atoms with van der Waals surface area (Å²) in [4.78, 5) is 2.28. The molecule has 2 atom stereocenters. The van der Waals surface area contributed by atoms with Crippen molar-refractivity contribution in [2.75, 3.05) is 26.2 Å². The number of rotatable bonds is 3.